The second-order valence-corrected chi connectivity index (χ2v) is 6.08. The van der Waals surface area contributed by atoms with Crippen LogP contribution in [0.25, 0.3) is 11.1 Å². The monoisotopic (exact) mass is 284 g/mol. The van der Waals surface area contributed by atoms with E-state index in [-0.39, 0.29) is 4.90 Å². The van der Waals surface area contributed by atoms with E-state index in [1.807, 2.05) is 0 Å². The van der Waals surface area contributed by atoms with E-state index < -0.39 is 15.4 Å². The molecule has 5 nitrogen and oxygen atoms in total. The van der Waals surface area contributed by atoms with Crippen LogP contribution in [0, 0.1) is 0 Å². The van der Waals surface area contributed by atoms with Gasteiger partial charge >= 0.3 is 0 Å². The molecule has 0 fully saturated rings. The molecule has 1 aromatic heterocycles. The summed E-state index contributed by atoms with van der Waals surface area (Å²) in [4.78, 5) is 11.5. The quantitative estimate of drug-likeness (QED) is 0.834. The van der Waals surface area contributed by atoms with Crippen LogP contribution in [0.3, 0.4) is 0 Å². The van der Waals surface area contributed by atoms with Gasteiger partial charge in [-0.3, -0.25) is 4.79 Å². The topological polar surface area (TPSA) is 69.0 Å². The molecule has 1 aromatic carbocycles. The van der Waals surface area contributed by atoms with Crippen LogP contribution in [-0.2, 0) is 9.84 Å². The minimum Gasteiger partial charge on any atom is -0.266 e. The predicted octanol–water partition coefficient (Wildman–Crippen LogP) is 1.32. The average Bonchev–Trinajstić information content (AvgIpc) is 2.32. The number of hydrogen-bond donors (Lipinski definition) is 0. The van der Waals surface area contributed by atoms with Crippen LogP contribution in [-0.4, -0.2) is 24.0 Å². The number of hydrogen-bond acceptors (Lipinski definition) is 4. The SMILES string of the molecule is CS(=O)(=O)c1ccc(-c2cnn(Cl)c(=O)c2)cc1. The first kappa shape index (κ1) is 12.8. The normalized spacial score (nSPS) is 11.4. The lowest BCUT2D eigenvalue weighted by Gasteiger charge is -2.02. The summed E-state index contributed by atoms with van der Waals surface area (Å²) in [7, 11) is -3.22. The number of benzene rings is 1. The molecule has 7 heteroatoms. The number of aromatic nitrogens is 2. The third kappa shape index (κ3) is 2.60. The van der Waals surface area contributed by atoms with Crippen molar-refractivity contribution in [2.24, 2.45) is 0 Å². The van der Waals surface area contributed by atoms with Crippen LogP contribution < -0.4 is 5.56 Å². The lowest BCUT2D eigenvalue weighted by atomic mass is 10.1. The van der Waals surface area contributed by atoms with Crippen molar-refractivity contribution in [1.82, 2.24) is 9.30 Å². The Morgan fingerprint density at radius 2 is 1.78 bits per heavy atom. The zero-order chi connectivity index (χ0) is 13.3. The van der Waals surface area contributed by atoms with Crippen molar-refractivity contribution < 1.29 is 8.42 Å². The first-order valence-corrected chi connectivity index (χ1v) is 7.17. The molecule has 0 saturated heterocycles. The molecule has 94 valence electrons. The van der Waals surface area contributed by atoms with Gasteiger partial charge < -0.3 is 0 Å². The molecule has 0 N–H and O–H groups in total. The molecule has 0 saturated carbocycles. The van der Waals surface area contributed by atoms with Gasteiger partial charge in [0.1, 0.15) is 0 Å². The summed E-state index contributed by atoms with van der Waals surface area (Å²) in [5.74, 6) is 0. The van der Waals surface area contributed by atoms with Gasteiger partial charge in [-0.05, 0) is 17.7 Å². The molecule has 0 aliphatic carbocycles. The Morgan fingerprint density at radius 1 is 1.17 bits per heavy atom. The van der Waals surface area contributed by atoms with Crippen LogP contribution in [0.15, 0.2) is 46.2 Å². The van der Waals surface area contributed by atoms with Gasteiger partial charge in [-0.2, -0.15) is 5.10 Å². The molecule has 0 aliphatic rings. The molecule has 2 aromatic rings. The maximum atomic E-state index is 11.3. The number of sulfone groups is 1. The van der Waals surface area contributed by atoms with Crippen molar-refractivity contribution in [3.05, 3.63) is 46.9 Å². The first-order chi connectivity index (χ1) is 8.38. The molecule has 0 aliphatic heterocycles. The highest BCUT2D eigenvalue weighted by atomic mass is 35.5. The lowest BCUT2D eigenvalue weighted by molar-refractivity contribution is 0.602. The molecule has 0 spiro atoms. The predicted molar refractivity (Wildman–Crippen MR) is 68.3 cm³/mol. The van der Waals surface area contributed by atoms with Crippen LogP contribution in [0.4, 0.5) is 0 Å². The fourth-order valence-corrected chi connectivity index (χ4v) is 2.17. The fourth-order valence-electron chi connectivity index (χ4n) is 1.45. The van der Waals surface area contributed by atoms with E-state index in [0.717, 1.165) is 6.26 Å². The molecule has 2 rings (SSSR count). The standard InChI is InChI=1S/C11H9ClN2O3S/c1-18(16,17)10-4-2-8(3-5-10)9-6-11(15)14(12)13-7-9/h2-7H,1H3. The molecule has 0 amide bonds. The Bertz CT molecular complexity index is 736. The largest absolute Gasteiger partial charge is 0.282 e. The smallest absolute Gasteiger partial charge is 0.266 e. The van der Waals surface area contributed by atoms with Gasteiger partial charge in [-0.1, -0.05) is 12.1 Å². The molecule has 18 heavy (non-hydrogen) atoms. The van der Waals surface area contributed by atoms with Crippen LogP contribution in [0.2, 0.25) is 0 Å². The maximum Gasteiger partial charge on any atom is 0.282 e. The summed E-state index contributed by atoms with van der Waals surface area (Å²) in [5.41, 5.74) is 0.836. The minimum absolute atomic E-state index is 0.227. The van der Waals surface area contributed by atoms with Crippen molar-refractivity contribution in [3.8, 4) is 11.1 Å². The molecular weight excluding hydrogens is 276 g/mol. The van der Waals surface area contributed by atoms with Crippen LogP contribution in [0.5, 0.6) is 0 Å². The highest BCUT2D eigenvalue weighted by Gasteiger charge is 2.07. The summed E-state index contributed by atoms with van der Waals surface area (Å²) in [6.07, 6.45) is 2.57. The molecule has 1 heterocycles. The third-order valence-electron chi connectivity index (χ3n) is 2.37. The van der Waals surface area contributed by atoms with E-state index in [2.05, 4.69) is 5.10 Å². The zero-order valence-corrected chi connectivity index (χ0v) is 10.9. The molecule has 0 atom stereocenters. The molecule has 0 bridgehead atoms. The van der Waals surface area contributed by atoms with Gasteiger partial charge in [0.15, 0.2) is 9.84 Å². The van der Waals surface area contributed by atoms with Crippen LogP contribution >= 0.6 is 11.8 Å². The number of rotatable bonds is 2. The Balaban J connectivity index is 2.47. The van der Waals surface area contributed by atoms with Gasteiger partial charge in [0.2, 0.25) is 0 Å². The van der Waals surface area contributed by atoms with Gasteiger partial charge in [-0.15, -0.1) is 4.20 Å². The van der Waals surface area contributed by atoms with Crippen molar-refractivity contribution >= 4 is 21.6 Å². The van der Waals surface area contributed by atoms with E-state index in [1.54, 1.807) is 12.1 Å². The van der Waals surface area contributed by atoms with E-state index in [1.165, 1.54) is 24.4 Å². The maximum absolute atomic E-state index is 11.3. The van der Waals surface area contributed by atoms with E-state index in [0.29, 0.717) is 15.3 Å². The number of halogens is 1. The van der Waals surface area contributed by atoms with Gasteiger partial charge in [-0.25, -0.2) is 8.42 Å². The van der Waals surface area contributed by atoms with E-state index in [9.17, 15) is 13.2 Å². The second kappa shape index (κ2) is 4.55. The summed E-state index contributed by atoms with van der Waals surface area (Å²) >= 11 is 5.47. The number of nitrogens with zero attached hydrogens (tertiary/aromatic N) is 2. The highest BCUT2D eigenvalue weighted by Crippen LogP contribution is 2.19. The average molecular weight is 285 g/mol. The van der Waals surface area contributed by atoms with E-state index in [4.69, 9.17) is 11.8 Å². The summed E-state index contributed by atoms with van der Waals surface area (Å²) in [6.45, 7) is 0. The highest BCUT2D eigenvalue weighted by molar-refractivity contribution is 7.90. The van der Waals surface area contributed by atoms with Crippen molar-refractivity contribution in [3.63, 3.8) is 0 Å². The third-order valence-corrected chi connectivity index (χ3v) is 3.76. The van der Waals surface area contributed by atoms with Crippen molar-refractivity contribution in [2.75, 3.05) is 6.26 Å². The molecular formula is C11H9ClN2O3S. The van der Waals surface area contributed by atoms with Gasteiger partial charge in [0.05, 0.1) is 11.1 Å². The summed E-state index contributed by atoms with van der Waals surface area (Å²) in [6, 6.07) is 7.53. The summed E-state index contributed by atoms with van der Waals surface area (Å²) < 4.78 is 23.3. The van der Waals surface area contributed by atoms with Crippen molar-refractivity contribution in [2.45, 2.75) is 4.90 Å². The van der Waals surface area contributed by atoms with Gasteiger partial charge in [0, 0.05) is 29.7 Å². The lowest BCUT2D eigenvalue weighted by Crippen LogP contribution is -2.13. The Kier molecular flexibility index (Phi) is 3.23. The van der Waals surface area contributed by atoms with Crippen LogP contribution in [0.1, 0.15) is 0 Å². The van der Waals surface area contributed by atoms with E-state index >= 15 is 0 Å². The molecule has 0 unspecified atom stereocenters. The Labute approximate surface area is 109 Å². The fraction of sp³-hybridized carbons (Fsp3) is 0.0909. The Hall–Kier alpha value is -1.66. The first-order valence-electron chi connectivity index (χ1n) is 4.94. The zero-order valence-electron chi connectivity index (χ0n) is 9.37. The molecule has 0 radical (unpaired) electrons. The second-order valence-electron chi connectivity index (χ2n) is 3.74. The summed E-state index contributed by atoms with van der Waals surface area (Å²) in [5, 5.41) is 3.68. The van der Waals surface area contributed by atoms with Crippen molar-refractivity contribution in [1.29, 1.82) is 0 Å². The van der Waals surface area contributed by atoms with Gasteiger partial charge in [0.25, 0.3) is 5.56 Å². The minimum atomic E-state index is -3.22. The Morgan fingerprint density at radius 3 is 2.28 bits per heavy atom.